The Morgan fingerprint density at radius 1 is 1.17 bits per heavy atom. The van der Waals surface area contributed by atoms with E-state index >= 15 is 0 Å². The van der Waals surface area contributed by atoms with Crippen LogP contribution in [-0.2, 0) is 16.1 Å². The molecule has 148 valence electrons. The van der Waals surface area contributed by atoms with Crippen LogP contribution in [0.2, 0.25) is 0 Å². The van der Waals surface area contributed by atoms with E-state index in [2.05, 4.69) is 20.3 Å². The first kappa shape index (κ1) is 18.7. The Morgan fingerprint density at radius 3 is 2.76 bits per heavy atom. The SMILES string of the molecule is COC(=O)CCCNC(=O)c1ccc(-c2n[nH]c3c2COc2ccccc2-3)cc1. The molecule has 7 heteroatoms. The highest BCUT2D eigenvalue weighted by Gasteiger charge is 2.23. The number of methoxy groups -OCH3 is 1. The van der Waals surface area contributed by atoms with Crippen LogP contribution >= 0.6 is 0 Å². The zero-order valence-corrected chi connectivity index (χ0v) is 16.0. The van der Waals surface area contributed by atoms with Crippen molar-refractivity contribution in [3.8, 4) is 28.3 Å². The Morgan fingerprint density at radius 2 is 1.97 bits per heavy atom. The second-order valence-electron chi connectivity index (χ2n) is 6.72. The molecule has 2 aromatic carbocycles. The van der Waals surface area contributed by atoms with Crippen molar-refractivity contribution in [3.63, 3.8) is 0 Å². The number of hydrogen-bond donors (Lipinski definition) is 2. The Labute approximate surface area is 168 Å². The number of nitrogens with one attached hydrogen (secondary N) is 2. The molecule has 1 aromatic heterocycles. The highest BCUT2D eigenvalue weighted by Crippen LogP contribution is 2.39. The third-order valence-corrected chi connectivity index (χ3v) is 4.89. The van der Waals surface area contributed by atoms with Gasteiger partial charge in [0.25, 0.3) is 5.91 Å². The molecule has 2 N–H and O–H groups in total. The third kappa shape index (κ3) is 3.85. The standard InChI is InChI=1S/C22H21N3O4/c1-28-19(26)7-4-12-23-22(27)15-10-8-14(9-11-15)20-17-13-29-18-6-3-2-5-16(18)21(17)25-24-20/h2-3,5-6,8-11H,4,7,12-13H2,1H3,(H,23,27)(H,24,25). The molecule has 0 saturated carbocycles. The minimum absolute atomic E-state index is 0.178. The van der Waals surface area contributed by atoms with Crippen LogP contribution in [0.3, 0.4) is 0 Å². The van der Waals surface area contributed by atoms with E-state index in [1.165, 1.54) is 7.11 Å². The molecule has 1 aliphatic rings. The quantitative estimate of drug-likeness (QED) is 0.497. The van der Waals surface area contributed by atoms with Gasteiger partial charge in [-0.2, -0.15) is 5.10 Å². The highest BCUT2D eigenvalue weighted by molar-refractivity contribution is 5.94. The number of H-pyrrole nitrogens is 1. The fourth-order valence-electron chi connectivity index (χ4n) is 3.33. The summed E-state index contributed by atoms with van der Waals surface area (Å²) in [6.45, 7) is 0.861. The third-order valence-electron chi connectivity index (χ3n) is 4.89. The molecule has 1 amide bonds. The molecule has 0 bridgehead atoms. The lowest BCUT2D eigenvalue weighted by atomic mass is 9.99. The van der Waals surface area contributed by atoms with E-state index in [1.807, 2.05) is 36.4 Å². The van der Waals surface area contributed by atoms with Crippen LogP contribution in [-0.4, -0.2) is 35.7 Å². The molecule has 2 heterocycles. The molecule has 0 atom stereocenters. The number of carbonyl (C=O) groups is 2. The van der Waals surface area contributed by atoms with Crippen LogP contribution in [0.4, 0.5) is 0 Å². The van der Waals surface area contributed by atoms with E-state index in [4.69, 9.17) is 4.74 Å². The largest absolute Gasteiger partial charge is 0.488 e. The fourth-order valence-corrected chi connectivity index (χ4v) is 3.33. The predicted octanol–water partition coefficient (Wildman–Crippen LogP) is 3.32. The summed E-state index contributed by atoms with van der Waals surface area (Å²) in [6.07, 6.45) is 0.822. The van der Waals surface area contributed by atoms with Crippen molar-refractivity contribution in [2.45, 2.75) is 19.4 Å². The van der Waals surface area contributed by atoms with Gasteiger partial charge >= 0.3 is 5.97 Å². The van der Waals surface area contributed by atoms with Gasteiger partial charge in [-0.15, -0.1) is 0 Å². The van der Waals surface area contributed by atoms with Gasteiger partial charge in [-0.25, -0.2) is 0 Å². The number of ether oxygens (including phenoxy) is 2. The van der Waals surface area contributed by atoms with Crippen LogP contribution in [0.15, 0.2) is 48.5 Å². The highest BCUT2D eigenvalue weighted by atomic mass is 16.5. The van der Waals surface area contributed by atoms with Crippen molar-refractivity contribution in [3.05, 3.63) is 59.7 Å². The number of benzene rings is 2. The van der Waals surface area contributed by atoms with E-state index in [0.717, 1.165) is 33.8 Å². The molecule has 4 rings (SSSR count). The van der Waals surface area contributed by atoms with Crippen molar-refractivity contribution in [2.75, 3.05) is 13.7 Å². The van der Waals surface area contributed by atoms with Gasteiger partial charge in [-0.3, -0.25) is 14.7 Å². The smallest absolute Gasteiger partial charge is 0.305 e. The van der Waals surface area contributed by atoms with Gasteiger partial charge in [0, 0.05) is 35.2 Å². The lowest BCUT2D eigenvalue weighted by Crippen LogP contribution is -2.24. The van der Waals surface area contributed by atoms with E-state index < -0.39 is 0 Å². The number of rotatable bonds is 6. The van der Waals surface area contributed by atoms with Crippen molar-refractivity contribution in [1.82, 2.24) is 15.5 Å². The molecule has 0 unspecified atom stereocenters. The molecule has 29 heavy (non-hydrogen) atoms. The number of fused-ring (bicyclic) bond motifs is 3. The average molecular weight is 391 g/mol. The molecule has 0 radical (unpaired) electrons. The predicted molar refractivity (Wildman–Crippen MR) is 107 cm³/mol. The number of aromatic nitrogens is 2. The van der Waals surface area contributed by atoms with Crippen LogP contribution < -0.4 is 10.1 Å². The van der Waals surface area contributed by atoms with Gasteiger partial charge in [-0.1, -0.05) is 24.3 Å². The lowest BCUT2D eigenvalue weighted by Gasteiger charge is -2.17. The fraction of sp³-hybridized carbons (Fsp3) is 0.227. The van der Waals surface area contributed by atoms with E-state index in [1.54, 1.807) is 12.1 Å². The molecular weight excluding hydrogens is 370 g/mol. The van der Waals surface area contributed by atoms with Crippen molar-refractivity contribution in [2.24, 2.45) is 0 Å². The van der Waals surface area contributed by atoms with Gasteiger partial charge in [0.2, 0.25) is 0 Å². The zero-order chi connectivity index (χ0) is 20.2. The van der Waals surface area contributed by atoms with E-state index in [0.29, 0.717) is 25.1 Å². The van der Waals surface area contributed by atoms with Crippen LogP contribution in [0.25, 0.3) is 22.5 Å². The van der Waals surface area contributed by atoms with Gasteiger partial charge in [0.05, 0.1) is 18.5 Å². The molecule has 7 nitrogen and oxygen atoms in total. The summed E-state index contributed by atoms with van der Waals surface area (Å²) in [5.41, 5.74) is 5.25. The molecule has 0 fully saturated rings. The summed E-state index contributed by atoms with van der Waals surface area (Å²) < 4.78 is 10.4. The average Bonchev–Trinajstić information content (AvgIpc) is 3.21. The summed E-state index contributed by atoms with van der Waals surface area (Å²) in [6, 6.07) is 15.1. The molecule has 1 aliphatic heterocycles. The Bertz CT molecular complexity index is 1040. The first-order valence-corrected chi connectivity index (χ1v) is 9.42. The number of nitrogens with zero attached hydrogens (tertiary/aromatic N) is 1. The Hall–Kier alpha value is -3.61. The second-order valence-corrected chi connectivity index (χ2v) is 6.72. The maximum Gasteiger partial charge on any atom is 0.305 e. The minimum atomic E-state index is -0.280. The van der Waals surface area contributed by atoms with Crippen molar-refractivity contribution in [1.29, 1.82) is 0 Å². The monoisotopic (exact) mass is 391 g/mol. The molecule has 0 aliphatic carbocycles. The van der Waals surface area contributed by atoms with Crippen molar-refractivity contribution >= 4 is 11.9 Å². The normalized spacial score (nSPS) is 11.8. The Balaban J connectivity index is 1.45. The number of para-hydroxylation sites is 1. The van der Waals surface area contributed by atoms with E-state index in [9.17, 15) is 9.59 Å². The van der Waals surface area contributed by atoms with Crippen LogP contribution in [0.1, 0.15) is 28.8 Å². The zero-order valence-electron chi connectivity index (χ0n) is 16.0. The van der Waals surface area contributed by atoms with Crippen LogP contribution in [0, 0.1) is 0 Å². The summed E-state index contributed by atoms with van der Waals surface area (Å²) >= 11 is 0. The number of carbonyl (C=O) groups excluding carboxylic acids is 2. The molecule has 0 saturated heterocycles. The second kappa shape index (κ2) is 8.18. The minimum Gasteiger partial charge on any atom is -0.488 e. The lowest BCUT2D eigenvalue weighted by molar-refractivity contribution is -0.140. The van der Waals surface area contributed by atoms with Crippen molar-refractivity contribution < 1.29 is 19.1 Å². The summed E-state index contributed by atoms with van der Waals surface area (Å²) in [5, 5.41) is 10.4. The van der Waals surface area contributed by atoms with E-state index in [-0.39, 0.29) is 18.3 Å². The summed E-state index contributed by atoms with van der Waals surface area (Å²) in [4.78, 5) is 23.4. The molecule has 0 spiro atoms. The molecular formula is C22H21N3O4. The first-order chi connectivity index (χ1) is 14.2. The van der Waals surface area contributed by atoms with Gasteiger partial charge < -0.3 is 14.8 Å². The topological polar surface area (TPSA) is 93.3 Å². The summed E-state index contributed by atoms with van der Waals surface area (Å²) in [7, 11) is 1.35. The number of amides is 1. The van der Waals surface area contributed by atoms with Crippen LogP contribution in [0.5, 0.6) is 5.75 Å². The maximum absolute atomic E-state index is 12.3. The van der Waals surface area contributed by atoms with Gasteiger partial charge in [0.15, 0.2) is 0 Å². The van der Waals surface area contributed by atoms with Gasteiger partial charge in [0.1, 0.15) is 12.4 Å². The number of hydrogen-bond acceptors (Lipinski definition) is 5. The van der Waals surface area contributed by atoms with Gasteiger partial charge in [-0.05, 0) is 30.7 Å². The summed E-state index contributed by atoms with van der Waals surface area (Å²) in [5.74, 6) is 0.384. The number of aromatic amines is 1. The maximum atomic E-state index is 12.3. The number of esters is 1. The Kier molecular flexibility index (Phi) is 5.29. The molecule has 3 aromatic rings. The first-order valence-electron chi connectivity index (χ1n) is 9.42.